The molecule has 0 aromatic rings. The van der Waals surface area contributed by atoms with Gasteiger partial charge in [0.15, 0.2) is 0 Å². The number of rotatable bonds is 62. The molecular weight excluding hydrogens is 875 g/mol. The third kappa shape index (κ3) is 58.0. The van der Waals surface area contributed by atoms with Crippen LogP contribution in [0.25, 0.3) is 0 Å². The molecule has 3 N–H and O–H groups in total. The molecule has 6 heteroatoms. The van der Waals surface area contributed by atoms with Crippen LogP contribution in [0.3, 0.4) is 0 Å². The van der Waals surface area contributed by atoms with E-state index in [1.807, 2.05) is 0 Å². The lowest BCUT2D eigenvalue weighted by Gasteiger charge is -2.22. The van der Waals surface area contributed by atoms with Gasteiger partial charge >= 0.3 is 5.97 Å². The van der Waals surface area contributed by atoms with Gasteiger partial charge in [-0.15, -0.1) is 0 Å². The van der Waals surface area contributed by atoms with Gasteiger partial charge in [-0.2, -0.15) is 0 Å². The first-order valence-corrected chi connectivity index (χ1v) is 32.8. The first-order chi connectivity index (χ1) is 35.0. The van der Waals surface area contributed by atoms with Crippen LogP contribution in [0.1, 0.15) is 380 Å². The molecule has 0 bridgehead atoms. The number of nitrogens with one attached hydrogen (secondary N) is 1. The SMILES string of the molecule is CCCCCCCCCCCCCCCCCCCCCCCC(O)C(CO)NC(=O)CCCCCCCCCCCCCCCCCCCCOC(=O)CCCCCCCCCCCCCCCCC. The van der Waals surface area contributed by atoms with Crippen molar-refractivity contribution in [3.8, 4) is 0 Å². The van der Waals surface area contributed by atoms with Gasteiger partial charge in [-0.05, 0) is 25.7 Å². The number of carbonyl (C=O) groups is 2. The summed E-state index contributed by atoms with van der Waals surface area (Å²) in [6.07, 6.45) is 72.6. The van der Waals surface area contributed by atoms with Gasteiger partial charge in [0.2, 0.25) is 5.91 Å². The van der Waals surface area contributed by atoms with Crippen molar-refractivity contribution in [3.63, 3.8) is 0 Å². The van der Waals surface area contributed by atoms with Crippen molar-refractivity contribution in [2.45, 2.75) is 392 Å². The molecule has 0 radical (unpaired) electrons. The first-order valence-electron chi connectivity index (χ1n) is 32.8. The fourth-order valence-electron chi connectivity index (χ4n) is 10.6. The average molecular weight is 1000 g/mol. The van der Waals surface area contributed by atoms with Crippen LogP contribution in [0.2, 0.25) is 0 Å². The standard InChI is InChI=1S/C65H129NO5/c1-3-5-7-9-11-13-15-17-19-20-21-22-23-26-30-33-37-41-45-49-53-57-63(68)62(61-67)66-64(69)58-54-50-46-42-38-34-31-27-24-25-28-32-36-40-44-48-52-56-60-71-65(70)59-55-51-47-43-39-35-29-18-16-14-12-10-8-6-4-2/h62-63,67-68H,3-61H2,1-2H3,(H,66,69). The Kier molecular flexibility index (Phi) is 60.4. The van der Waals surface area contributed by atoms with Crippen molar-refractivity contribution in [2.75, 3.05) is 13.2 Å². The van der Waals surface area contributed by atoms with Gasteiger partial charge in [-0.25, -0.2) is 0 Å². The molecule has 71 heavy (non-hydrogen) atoms. The Hall–Kier alpha value is -1.14. The Morgan fingerprint density at radius 1 is 0.338 bits per heavy atom. The highest BCUT2D eigenvalue weighted by molar-refractivity contribution is 5.76. The lowest BCUT2D eigenvalue weighted by molar-refractivity contribution is -0.143. The van der Waals surface area contributed by atoms with Crippen molar-refractivity contribution in [2.24, 2.45) is 0 Å². The number of hydrogen-bond donors (Lipinski definition) is 3. The summed E-state index contributed by atoms with van der Waals surface area (Å²) in [7, 11) is 0. The summed E-state index contributed by atoms with van der Waals surface area (Å²) >= 11 is 0. The van der Waals surface area contributed by atoms with Crippen LogP contribution in [0.5, 0.6) is 0 Å². The second kappa shape index (κ2) is 61.4. The minimum absolute atomic E-state index is 0.0117. The second-order valence-corrected chi connectivity index (χ2v) is 22.8. The molecule has 0 rings (SSSR count). The monoisotopic (exact) mass is 1000 g/mol. The Morgan fingerprint density at radius 2 is 0.577 bits per heavy atom. The van der Waals surface area contributed by atoms with Crippen LogP contribution in [-0.2, 0) is 14.3 Å². The molecule has 0 saturated carbocycles. The molecule has 0 aromatic heterocycles. The van der Waals surface area contributed by atoms with E-state index in [-0.39, 0.29) is 18.5 Å². The number of hydrogen-bond acceptors (Lipinski definition) is 5. The molecule has 1 amide bonds. The third-order valence-corrected chi connectivity index (χ3v) is 15.7. The molecule has 0 heterocycles. The molecule has 0 spiro atoms. The van der Waals surface area contributed by atoms with E-state index in [9.17, 15) is 19.8 Å². The molecule has 424 valence electrons. The Morgan fingerprint density at radius 3 is 0.859 bits per heavy atom. The van der Waals surface area contributed by atoms with E-state index in [0.717, 1.165) is 38.5 Å². The molecule has 0 aliphatic rings. The molecule has 0 aliphatic heterocycles. The first kappa shape index (κ1) is 69.9. The maximum atomic E-state index is 12.5. The summed E-state index contributed by atoms with van der Waals surface area (Å²) in [5.74, 6) is -0.0221. The predicted molar refractivity (Wildman–Crippen MR) is 310 cm³/mol. The zero-order valence-electron chi connectivity index (χ0n) is 48.5. The Bertz CT molecular complexity index is 1020. The normalized spacial score (nSPS) is 12.5. The van der Waals surface area contributed by atoms with Crippen LogP contribution in [-0.4, -0.2) is 47.4 Å². The Balaban J connectivity index is 3.39. The minimum Gasteiger partial charge on any atom is -0.466 e. The van der Waals surface area contributed by atoms with Crippen molar-refractivity contribution in [3.05, 3.63) is 0 Å². The lowest BCUT2D eigenvalue weighted by atomic mass is 10.0. The van der Waals surface area contributed by atoms with Crippen LogP contribution in [0.4, 0.5) is 0 Å². The second-order valence-electron chi connectivity index (χ2n) is 22.8. The number of carbonyl (C=O) groups excluding carboxylic acids is 2. The molecule has 6 nitrogen and oxygen atoms in total. The highest BCUT2D eigenvalue weighted by Gasteiger charge is 2.20. The van der Waals surface area contributed by atoms with Crippen molar-refractivity contribution in [1.82, 2.24) is 5.32 Å². The summed E-state index contributed by atoms with van der Waals surface area (Å²) in [5, 5.41) is 23.4. The van der Waals surface area contributed by atoms with Crippen LogP contribution in [0.15, 0.2) is 0 Å². The third-order valence-electron chi connectivity index (χ3n) is 15.7. The highest BCUT2D eigenvalue weighted by Crippen LogP contribution is 2.19. The molecule has 0 saturated heterocycles. The average Bonchev–Trinajstić information content (AvgIpc) is 3.37. The van der Waals surface area contributed by atoms with Crippen molar-refractivity contribution in [1.29, 1.82) is 0 Å². The van der Waals surface area contributed by atoms with E-state index < -0.39 is 12.1 Å². The molecule has 2 atom stereocenters. The number of esters is 1. The number of aliphatic hydroxyl groups excluding tert-OH is 2. The summed E-state index contributed by atoms with van der Waals surface area (Å²) in [4.78, 5) is 24.6. The quantitative estimate of drug-likeness (QED) is 0.0417. The largest absolute Gasteiger partial charge is 0.466 e. The van der Waals surface area contributed by atoms with Gasteiger partial charge in [-0.3, -0.25) is 9.59 Å². The molecule has 0 aliphatic carbocycles. The summed E-state index contributed by atoms with van der Waals surface area (Å²) in [5.41, 5.74) is 0. The summed E-state index contributed by atoms with van der Waals surface area (Å²) in [6.45, 7) is 4.99. The number of unbranched alkanes of at least 4 members (excludes halogenated alkanes) is 51. The van der Waals surface area contributed by atoms with Gasteiger partial charge in [0.25, 0.3) is 0 Å². The molecule has 0 aromatic carbocycles. The van der Waals surface area contributed by atoms with Gasteiger partial charge < -0.3 is 20.3 Å². The van der Waals surface area contributed by atoms with E-state index in [0.29, 0.717) is 25.9 Å². The van der Waals surface area contributed by atoms with Crippen LogP contribution < -0.4 is 5.32 Å². The number of ether oxygens (including phenoxy) is 1. The maximum absolute atomic E-state index is 12.5. The minimum atomic E-state index is -0.667. The van der Waals surface area contributed by atoms with Crippen LogP contribution >= 0.6 is 0 Å². The summed E-state index contributed by atoms with van der Waals surface area (Å²) < 4.78 is 5.49. The van der Waals surface area contributed by atoms with Crippen LogP contribution in [0, 0.1) is 0 Å². The molecule has 0 fully saturated rings. The van der Waals surface area contributed by atoms with E-state index in [4.69, 9.17) is 4.74 Å². The van der Waals surface area contributed by atoms with E-state index in [2.05, 4.69) is 19.2 Å². The van der Waals surface area contributed by atoms with E-state index >= 15 is 0 Å². The van der Waals surface area contributed by atoms with Crippen molar-refractivity contribution >= 4 is 11.9 Å². The predicted octanol–water partition coefficient (Wildman–Crippen LogP) is 20.6. The van der Waals surface area contributed by atoms with Gasteiger partial charge in [0.1, 0.15) is 0 Å². The molecular formula is C65H129NO5. The smallest absolute Gasteiger partial charge is 0.305 e. The Labute approximate surface area is 445 Å². The van der Waals surface area contributed by atoms with E-state index in [1.165, 1.54) is 308 Å². The number of amides is 1. The van der Waals surface area contributed by atoms with Crippen molar-refractivity contribution < 1.29 is 24.5 Å². The zero-order chi connectivity index (χ0) is 51.4. The van der Waals surface area contributed by atoms with Gasteiger partial charge in [0, 0.05) is 12.8 Å². The fraction of sp³-hybridized carbons (Fsp3) is 0.969. The maximum Gasteiger partial charge on any atom is 0.305 e. The molecule has 2 unspecified atom stereocenters. The summed E-state index contributed by atoms with van der Waals surface area (Å²) in [6, 6.07) is -0.544. The van der Waals surface area contributed by atoms with Gasteiger partial charge in [0.05, 0.1) is 25.4 Å². The zero-order valence-corrected chi connectivity index (χ0v) is 48.5. The van der Waals surface area contributed by atoms with E-state index in [1.54, 1.807) is 0 Å². The highest BCUT2D eigenvalue weighted by atomic mass is 16.5. The topological polar surface area (TPSA) is 95.9 Å². The lowest BCUT2D eigenvalue weighted by Crippen LogP contribution is -2.45. The fourth-order valence-corrected chi connectivity index (χ4v) is 10.6. The number of aliphatic hydroxyl groups is 2. The van der Waals surface area contributed by atoms with Gasteiger partial charge in [-0.1, -0.05) is 341 Å².